The van der Waals surface area contributed by atoms with E-state index in [0.717, 1.165) is 18.6 Å². The van der Waals surface area contributed by atoms with Crippen LogP contribution in [0, 0.1) is 5.92 Å². The van der Waals surface area contributed by atoms with Gasteiger partial charge in [-0.3, -0.25) is 0 Å². The molecule has 1 aromatic carbocycles. The van der Waals surface area contributed by atoms with Crippen molar-refractivity contribution in [2.24, 2.45) is 5.92 Å². The Morgan fingerprint density at radius 1 is 1.18 bits per heavy atom. The third kappa shape index (κ3) is 5.24. The highest BCUT2D eigenvalue weighted by Crippen LogP contribution is 2.30. The molecule has 0 spiro atoms. The number of anilines is 1. The highest BCUT2D eigenvalue weighted by Gasteiger charge is 2.30. The van der Waals surface area contributed by atoms with Gasteiger partial charge in [0.15, 0.2) is 0 Å². The van der Waals surface area contributed by atoms with Crippen LogP contribution in [0.25, 0.3) is 0 Å². The minimum atomic E-state index is -4.41. The first-order valence-electron chi connectivity index (χ1n) is 7.67. The van der Waals surface area contributed by atoms with Crippen molar-refractivity contribution in [3.8, 4) is 0 Å². The van der Waals surface area contributed by atoms with Crippen LogP contribution in [0.1, 0.15) is 44.1 Å². The first kappa shape index (κ1) is 16.6. The number of amides is 2. The number of urea groups is 1. The Morgan fingerprint density at radius 2 is 1.91 bits per heavy atom. The second-order valence-corrected chi connectivity index (χ2v) is 5.75. The molecular weight excluding hydrogens is 293 g/mol. The van der Waals surface area contributed by atoms with Crippen LogP contribution in [0.2, 0.25) is 0 Å². The van der Waals surface area contributed by atoms with Crippen LogP contribution < -0.4 is 10.6 Å². The molecule has 0 atom stereocenters. The summed E-state index contributed by atoms with van der Waals surface area (Å²) in [4.78, 5) is 11.7. The first-order valence-corrected chi connectivity index (χ1v) is 7.67. The van der Waals surface area contributed by atoms with Gasteiger partial charge in [0.1, 0.15) is 0 Å². The standard InChI is InChI=1S/C16H21F3N2O/c17-16(18,19)13-7-4-8-14(11-13)21-15(22)20-10-9-12-5-2-1-3-6-12/h4,7-8,11-12H,1-3,5-6,9-10H2,(H2,20,21,22). The van der Waals surface area contributed by atoms with Gasteiger partial charge in [-0.1, -0.05) is 38.2 Å². The van der Waals surface area contributed by atoms with Gasteiger partial charge < -0.3 is 10.6 Å². The number of nitrogens with one attached hydrogen (secondary N) is 2. The van der Waals surface area contributed by atoms with Crippen molar-refractivity contribution >= 4 is 11.7 Å². The van der Waals surface area contributed by atoms with Crippen molar-refractivity contribution in [1.82, 2.24) is 5.32 Å². The predicted molar refractivity (Wildman–Crippen MR) is 79.7 cm³/mol. The maximum atomic E-state index is 12.6. The first-order chi connectivity index (χ1) is 10.4. The Labute approximate surface area is 128 Å². The molecule has 1 aromatic rings. The highest BCUT2D eigenvalue weighted by atomic mass is 19.4. The fourth-order valence-electron chi connectivity index (χ4n) is 2.81. The Morgan fingerprint density at radius 3 is 2.59 bits per heavy atom. The van der Waals surface area contributed by atoms with Crippen LogP contribution in [0.15, 0.2) is 24.3 Å². The molecule has 0 heterocycles. The third-order valence-electron chi connectivity index (χ3n) is 4.01. The lowest BCUT2D eigenvalue weighted by molar-refractivity contribution is -0.137. The Hall–Kier alpha value is -1.72. The summed E-state index contributed by atoms with van der Waals surface area (Å²) in [6.45, 7) is 0.551. The summed E-state index contributed by atoms with van der Waals surface area (Å²) in [6, 6.07) is 4.17. The molecular formula is C16H21F3N2O. The Balaban J connectivity index is 1.77. The van der Waals surface area contributed by atoms with E-state index in [4.69, 9.17) is 0 Å². The van der Waals surface area contributed by atoms with Crippen molar-refractivity contribution in [1.29, 1.82) is 0 Å². The van der Waals surface area contributed by atoms with Gasteiger partial charge in [0.25, 0.3) is 0 Å². The van der Waals surface area contributed by atoms with Crippen molar-refractivity contribution in [2.45, 2.75) is 44.7 Å². The molecule has 0 radical (unpaired) electrons. The minimum absolute atomic E-state index is 0.144. The number of hydrogen-bond acceptors (Lipinski definition) is 1. The zero-order chi connectivity index (χ0) is 16.0. The summed E-state index contributed by atoms with van der Waals surface area (Å²) in [5.74, 6) is 0.655. The van der Waals surface area contributed by atoms with E-state index in [2.05, 4.69) is 10.6 Å². The summed E-state index contributed by atoms with van der Waals surface area (Å²) in [6.07, 6.45) is 2.72. The van der Waals surface area contributed by atoms with Crippen LogP contribution in [-0.4, -0.2) is 12.6 Å². The monoisotopic (exact) mass is 314 g/mol. The lowest BCUT2D eigenvalue weighted by atomic mass is 9.87. The highest BCUT2D eigenvalue weighted by molar-refractivity contribution is 5.89. The predicted octanol–water partition coefficient (Wildman–Crippen LogP) is 4.80. The van der Waals surface area contributed by atoms with E-state index in [9.17, 15) is 18.0 Å². The van der Waals surface area contributed by atoms with Crippen LogP contribution in [0.3, 0.4) is 0 Å². The van der Waals surface area contributed by atoms with Gasteiger partial charge >= 0.3 is 12.2 Å². The molecule has 1 aliphatic carbocycles. The fourth-order valence-corrected chi connectivity index (χ4v) is 2.81. The lowest BCUT2D eigenvalue weighted by Crippen LogP contribution is -2.30. The summed E-state index contributed by atoms with van der Waals surface area (Å²) in [5.41, 5.74) is -0.627. The molecule has 0 saturated heterocycles. The van der Waals surface area contributed by atoms with Gasteiger partial charge in [-0.15, -0.1) is 0 Å². The molecule has 1 aliphatic rings. The number of rotatable bonds is 4. The molecule has 1 fully saturated rings. The summed E-state index contributed by atoms with van der Waals surface area (Å²) in [7, 11) is 0. The number of alkyl halides is 3. The lowest BCUT2D eigenvalue weighted by Gasteiger charge is -2.21. The van der Waals surface area contributed by atoms with Crippen LogP contribution >= 0.6 is 0 Å². The van der Waals surface area contributed by atoms with Gasteiger partial charge in [0.05, 0.1) is 5.56 Å². The molecule has 122 valence electrons. The van der Waals surface area contributed by atoms with Crippen molar-refractivity contribution in [3.05, 3.63) is 29.8 Å². The number of hydrogen-bond donors (Lipinski definition) is 2. The number of benzene rings is 1. The second-order valence-electron chi connectivity index (χ2n) is 5.75. The number of carbonyl (C=O) groups excluding carboxylic acids is 1. The second kappa shape index (κ2) is 7.51. The van der Waals surface area contributed by atoms with Crippen LogP contribution in [0.4, 0.5) is 23.7 Å². The molecule has 0 unspecified atom stereocenters. The topological polar surface area (TPSA) is 41.1 Å². The molecule has 6 heteroatoms. The van der Waals surface area contributed by atoms with E-state index in [1.165, 1.54) is 44.2 Å². The van der Waals surface area contributed by atoms with Gasteiger partial charge in [-0.05, 0) is 30.5 Å². The SMILES string of the molecule is O=C(NCCC1CCCCC1)Nc1cccc(C(F)(F)F)c1. The maximum Gasteiger partial charge on any atom is 0.416 e. The van der Waals surface area contributed by atoms with Crippen LogP contribution in [0.5, 0.6) is 0 Å². The smallest absolute Gasteiger partial charge is 0.338 e. The average molecular weight is 314 g/mol. The van der Waals surface area contributed by atoms with Gasteiger partial charge in [-0.2, -0.15) is 13.2 Å². The quantitative estimate of drug-likeness (QED) is 0.823. The van der Waals surface area contributed by atoms with Crippen molar-refractivity contribution in [3.63, 3.8) is 0 Å². The summed E-state index contributed by atoms with van der Waals surface area (Å²) in [5, 5.41) is 5.15. The van der Waals surface area contributed by atoms with E-state index in [0.29, 0.717) is 12.5 Å². The van der Waals surface area contributed by atoms with E-state index in [-0.39, 0.29) is 5.69 Å². The van der Waals surface area contributed by atoms with Gasteiger partial charge in [0, 0.05) is 12.2 Å². The molecule has 0 bridgehead atoms. The fraction of sp³-hybridized carbons (Fsp3) is 0.562. The van der Waals surface area contributed by atoms with Gasteiger partial charge in [-0.25, -0.2) is 4.79 Å². The molecule has 2 rings (SSSR count). The molecule has 0 aromatic heterocycles. The maximum absolute atomic E-state index is 12.6. The zero-order valence-corrected chi connectivity index (χ0v) is 12.4. The molecule has 22 heavy (non-hydrogen) atoms. The van der Waals surface area contributed by atoms with E-state index in [1.54, 1.807) is 0 Å². The van der Waals surface area contributed by atoms with E-state index >= 15 is 0 Å². The Bertz CT molecular complexity index is 496. The zero-order valence-electron chi connectivity index (χ0n) is 12.4. The summed E-state index contributed by atoms with van der Waals surface area (Å²) >= 11 is 0. The number of carbonyl (C=O) groups is 1. The van der Waals surface area contributed by atoms with Crippen molar-refractivity contribution < 1.29 is 18.0 Å². The van der Waals surface area contributed by atoms with E-state index < -0.39 is 17.8 Å². The molecule has 2 amide bonds. The minimum Gasteiger partial charge on any atom is -0.338 e. The molecule has 0 aliphatic heterocycles. The van der Waals surface area contributed by atoms with E-state index in [1.807, 2.05) is 0 Å². The van der Waals surface area contributed by atoms with Crippen molar-refractivity contribution in [2.75, 3.05) is 11.9 Å². The third-order valence-corrected chi connectivity index (χ3v) is 4.01. The Kier molecular flexibility index (Phi) is 5.69. The average Bonchev–Trinajstić information content (AvgIpc) is 2.48. The van der Waals surface area contributed by atoms with Crippen LogP contribution in [-0.2, 0) is 6.18 Å². The molecule has 1 saturated carbocycles. The van der Waals surface area contributed by atoms with Gasteiger partial charge in [0.2, 0.25) is 0 Å². The molecule has 3 nitrogen and oxygen atoms in total. The summed E-state index contributed by atoms with van der Waals surface area (Å²) < 4.78 is 37.8. The largest absolute Gasteiger partial charge is 0.416 e. The number of halogens is 3. The normalized spacial score (nSPS) is 16.3. The molecule has 2 N–H and O–H groups in total.